The number of urea groups is 1. The summed E-state index contributed by atoms with van der Waals surface area (Å²) in [6, 6.07) is 17.2. The van der Waals surface area contributed by atoms with Crippen LogP contribution in [0.4, 0.5) is 10.5 Å². The second kappa shape index (κ2) is 9.10. The summed E-state index contributed by atoms with van der Waals surface area (Å²) in [4.78, 5) is 12.0. The number of nitrogens with one attached hydrogen (secondary N) is 2. The Hall–Kier alpha value is -3.54. The third-order valence-corrected chi connectivity index (χ3v) is 4.52. The van der Waals surface area contributed by atoms with E-state index < -0.39 is 0 Å². The molecule has 2 N–H and O–H groups in total. The van der Waals surface area contributed by atoms with Crippen LogP contribution in [0.2, 0.25) is 0 Å². The van der Waals surface area contributed by atoms with Crippen molar-refractivity contribution in [2.45, 2.75) is 27.7 Å². The molecule has 2 aromatic carbocycles. The number of nitrogens with zero attached hydrogens (tertiary/aromatic N) is 2. The maximum atomic E-state index is 12.0. The SMILES string of the molecule is CCOc1ccc(-n2c(C)cc(/C=N/NC(=O)Nc3cccc(C)c3)c2C)cc1. The van der Waals surface area contributed by atoms with Crippen LogP contribution in [-0.4, -0.2) is 23.4 Å². The molecule has 0 aliphatic rings. The number of carbonyl (C=O) groups excluding carboxylic acids is 1. The molecular formula is C23H26N4O2. The molecule has 1 aromatic heterocycles. The van der Waals surface area contributed by atoms with Crippen molar-refractivity contribution in [3.63, 3.8) is 0 Å². The van der Waals surface area contributed by atoms with E-state index >= 15 is 0 Å². The van der Waals surface area contributed by atoms with E-state index in [2.05, 4.69) is 20.4 Å². The lowest BCUT2D eigenvalue weighted by Gasteiger charge is -2.11. The molecule has 6 heteroatoms. The van der Waals surface area contributed by atoms with Gasteiger partial charge in [-0.2, -0.15) is 5.10 Å². The molecule has 0 aliphatic heterocycles. The highest BCUT2D eigenvalue weighted by Crippen LogP contribution is 2.22. The predicted molar refractivity (Wildman–Crippen MR) is 117 cm³/mol. The lowest BCUT2D eigenvalue weighted by molar-refractivity contribution is 0.252. The molecule has 0 radical (unpaired) electrons. The smallest absolute Gasteiger partial charge is 0.339 e. The third-order valence-electron chi connectivity index (χ3n) is 4.52. The summed E-state index contributed by atoms with van der Waals surface area (Å²) in [7, 11) is 0. The molecule has 0 spiro atoms. The first-order valence-electron chi connectivity index (χ1n) is 9.57. The number of anilines is 1. The van der Waals surface area contributed by atoms with E-state index in [1.54, 1.807) is 6.21 Å². The van der Waals surface area contributed by atoms with Gasteiger partial charge in [-0.15, -0.1) is 0 Å². The number of aromatic nitrogens is 1. The maximum absolute atomic E-state index is 12.0. The molecule has 0 bridgehead atoms. The summed E-state index contributed by atoms with van der Waals surface area (Å²) in [5, 5.41) is 6.85. The van der Waals surface area contributed by atoms with Crippen LogP contribution in [0.1, 0.15) is 29.4 Å². The van der Waals surface area contributed by atoms with Crippen molar-refractivity contribution < 1.29 is 9.53 Å². The minimum atomic E-state index is -0.382. The summed E-state index contributed by atoms with van der Waals surface area (Å²) in [6.45, 7) is 8.65. The Bertz CT molecular complexity index is 1020. The predicted octanol–water partition coefficient (Wildman–Crippen LogP) is 4.96. The molecular weight excluding hydrogens is 364 g/mol. The van der Waals surface area contributed by atoms with Gasteiger partial charge < -0.3 is 14.6 Å². The van der Waals surface area contributed by atoms with E-state index in [9.17, 15) is 4.79 Å². The van der Waals surface area contributed by atoms with Crippen LogP contribution in [-0.2, 0) is 0 Å². The molecule has 0 atom stereocenters. The van der Waals surface area contributed by atoms with Crippen molar-refractivity contribution in [1.29, 1.82) is 0 Å². The van der Waals surface area contributed by atoms with E-state index in [0.29, 0.717) is 6.61 Å². The van der Waals surface area contributed by atoms with E-state index in [1.807, 2.05) is 82.3 Å². The Balaban J connectivity index is 1.68. The zero-order valence-corrected chi connectivity index (χ0v) is 17.2. The summed E-state index contributed by atoms with van der Waals surface area (Å²) >= 11 is 0. The highest BCUT2D eigenvalue weighted by molar-refractivity contribution is 5.90. The second-order valence-corrected chi connectivity index (χ2v) is 6.78. The van der Waals surface area contributed by atoms with Gasteiger partial charge in [-0.25, -0.2) is 10.2 Å². The molecule has 0 saturated carbocycles. The van der Waals surface area contributed by atoms with Gasteiger partial charge in [0.25, 0.3) is 0 Å². The molecule has 0 saturated heterocycles. The van der Waals surface area contributed by atoms with Crippen molar-refractivity contribution in [3.8, 4) is 11.4 Å². The number of ether oxygens (including phenoxy) is 1. The standard InChI is InChI=1S/C23H26N4O2/c1-5-29-22-11-9-21(10-12-22)27-17(3)14-19(18(27)4)15-24-26-23(28)25-20-8-6-7-16(2)13-20/h6-15H,5H2,1-4H3,(H2,25,26,28)/b24-15+. The van der Waals surface area contributed by atoms with E-state index in [0.717, 1.165) is 39.6 Å². The Morgan fingerprint density at radius 1 is 1.10 bits per heavy atom. The molecule has 0 fully saturated rings. The van der Waals surface area contributed by atoms with Crippen molar-refractivity contribution in [1.82, 2.24) is 9.99 Å². The molecule has 0 unspecified atom stereocenters. The summed E-state index contributed by atoms with van der Waals surface area (Å²) in [5.41, 5.74) is 8.42. The number of carbonyl (C=O) groups is 1. The molecule has 150 valence electrons. The Morgan fingerprint density at radius 2 is 1.86 bits per heavy atom. The van der Waals surface area contributed by atoms with Gasteiger partial charge in [0.1, 0.15) is 5.75 Å². The number of hydrazone groups is 1. The molecule has 29 heavy (non-hydrogen) atoms. The van der Waals surface area contributed by atoms with Gasteiger partial charge in [0.2, 0.25) is 0 Å². The molecule has 3 rings (SSSR count). The van der Waals surface area contributed by atoms with Gasteiger partial charge in [-0.3, -0.25) is 0 Å². The fourth-order valence-electron chi connectivity index (χ4n) is 3.22. The molecule has 6 nitrogen and oxygen atoms in total. The zero-order chi connectivity index (χ0) is 20.8. The van der Waals surface area contributed by atoms with Crippen molar-refractivity contribution >= 4 is 17.9 Å². The molecule has 1 heterocycles. The number of aryl methyl sites for hydroxylation is 2. The number of amides is 2. The number of benzene rings is 2. The van der Waals surface area contributed by atoms with Gasteiger partial charge in [-0.1, -0.05) is 12.1 Å². The zero-order valence-electron chi connectivity index (χ0n) is 17.2. The Kier molecular flexibility index (Phi) is 6.34. The van der Waals surface area contributed by atoms with Crippen LogP contribution in [0.15, 0.2) is 59.7 Å². The maximum Gasteiger partial charge on any atom is 0.339 e. The van der Waals surface area contributed by atoms with Crippen molar-refractivity contribution in [3.05, 3.63) is 77.1 Å². The normalized spacial score (nSPS) is 10.9. The van der Waals surface area contributed by atoms with Crippen LogP contribution >= 0.6 is 0 Å². The Morgan fingerprint density at radius 3 is 2.55 bits per heavy atom. The van der Waals surface area contributed by atoms with Gasteiger partial charge in [0.15, 0.2) is 0 Å². The minimum absolute atomic E-state index is 0.382. The van der Waals surface area contributed by atoms with Gasteiger partial charge >= 0.3 is 6.03 Å². The first-order valence-corrected chi connectivity index (χ1v) is 9.57. The molecule has 0 aliphatic carbocycles. The minimum Gasteiger partial charge on any atom is -0.494 e. The Labute approximate surface area is 171 Å². The second-order valence-electron chi connectivity index (χ2n) is 6.78. The van der Waals surface area contributed by atoms with E-state index in [-0.39, 0.29) is 6.03 Å². The topological polar surface area (TPSA) is 67.6 Å². The van der Waals surface area contributed by atoms with Crippen molar-refractivity contribution in [2.24, 2.45) is 5.10 Å². The van der Waals surface area contributed by atoms with E-state index in [1.165, 1.54) is 0 Å². The highest BCUT2D eigenvalue weighted by Gasteiger charge is 2.10. The fourth-order valence-corrected chi connectivity index (χ4v) is 3.22. The first kappa shape index (κ1) is 20.2. The fraction of sp³-hybridized carbons (Fsp3) is 0.217. The van der Waals surface area contributed by atoms with Crippen LogP contribution in [0.3, 0.4) is 0 Å². The average Bonchev–Trinajstić information content (AvgIpc) is 2.96. The molecule has 2 amide bonds. The van der Waals surface area contributed by atoms with Crippen LogP contribution < -0.4 is 15.5 Å². The van der Waals surface area contributed by atoms with Crippen molar-refractivity contribution in [2.75, 3.05) is 11.9 Å². The first-order chi connectivity index (χ1) is 14.0. The molecule has 3 aromatic rings. The van der Waals surface area contributed by atoms with Crippen LogP contribution in [0.25, 0.3) is 5.69 Å². The number of rotatable bonds is 6. The summed E-state index contributed by atoms with van der Waals surface area (Å²) < 4.78 is 7.65. The van der Waals surface area contributed by atoms with Gasteiger partial charge in [0, 0.05) is 28.3 Å². The summed E-state index contributed by atoms with van der Waals surface area (Å²) in [6.07, 6.45) is 1.66. The average molecular weight is 390 g/mol. The largest absolute Gasteiger partial charge is 0.494 e. The van der Waals surface area contributed by atoms with Crippen LogP contribution in [0, 0.1) is 20.8 Å². The number of hydrogen-bond donors (Lipinski definition) is 2. The summed E-state index contributed by atoms with van der Waals surface area (Å²) in [5.74, 6) is 0.851. The van der Waals surface area contributed by atoms with E-state index in [4.69, 9.17) is 4.74 Å². The van der Waals surface area contributed by atoms with Gasteiger partial charge in [-0.05, 0) is 75.7 Å². The van der Waals surface area contributed by atoms with Crippen LogP contribution in [0.5, 0.6) is 5.75 Å². The lowest BCUT2D eigenvalue weighted by atomic mass is 10.2. The highest BCUT2D eigenvalue weighted by atomic mass is 16.5. The monoisotopic (exact) mass is 390 g/mol. The number of hydrogen-bond acceptors (Lipinski definition) is 3. The quantitative estimate of drug-likeness (QED) is 0.462. The third kappa shape index (κ3) is 5.04. The lowest BCUT2D eigenvalue weighted by Crippen LogP contribution is -2.24. The van der Waals surface area contributed by atoms with Gasteiger partial charge in [0.05, 0.1) is 12.8 Å².